The Morgan fingerprint density at radius 2 is 2.00 bits per heavy atom. The lowest BCUT2D eigenvalue weighted by Crippen LogP contribution is -2.40. The summed E-state index contributed by atoms with van der Waals surface area (Å²) in [4.78, 5) is 11.0. The molecule has 0 heterocycles. The molecule has 0 radical (unpaired) electrons. The number of hydrogen-bond donors (Lipinski definition) is 2. The van der Waals surface area contributed by atoms with Crippen LogP contribution in [0.15, 0.2) is 23.1 Å². The molecule has 0 bridgehead atoms. The van der Waals surface area contributed by atoms with E-state index in [-0.39, 0.29) is 17.4 Å². The number of hydrogen-bond acceptors (Lipinski definition) is 4. The van der Waals surface area contributed by atoms with Crippen molar-refractivity contribution in [3.05, 3.63) is 23.8 Å². The lowest BCUT2D eigenvalue weighted by atomic mass is 10.2. The first-order valence-electron chi connectivity index (χ1n) is 6.69. The van der Waals surface area contributed by atoms with E-state index in [1.165, 1.54) is 12.1 Å². The van der Waals surface area contributed by atoms with Crippen LogP contribution in [0.5, 0.6) is 5.75 Å². The second kappa shape index (κ2) is 6.91. The number of aliphatic carboxylic acids is 1. The number of carbonyl (C=O) groups is 1. The number of rotatable bonds is 7. The van der Waals surface area contributed by atoms with Gasteiger partial charge in [0.25, 0.3) is 0 Å². The summed E-state index contributed by atoms with van der Waals surface area (Å²) in [7, 11) is -3.87. The van der Waals surface area contributed by atoms with Gasteiger partial charge < -0.3 is 9.84 Å². The largest absolute Gasteiger partial charge is 0.491 e. The Bertz CT molecular complexity index is 610. The summed E-state index contributed by atoms with van der Waals surface area (Å²) in [6.07, 6.45) is 0.156. The summed E-state index contributed by atoms with van der Waals surface area (Å²) >= 11 is 0. The molecule has 1 aromatic carbocycles. The van der Waals surface area contributed by atoms with Crippen molar-refractivity contribution >= 4 is 16.0 Å². The van der Waals surface area contributed by atoms with Gasteiger partial charge >= 0.3 is 5.97 Å². The Morgan fingerprint density at radius 1 is 1.38 bits per heavy atom. The molecule has 0 aliphatic rings. The lowest BCUT2D eigenvalue weighted by molar-refractivity contribution is -0.139. The average molecular weight is 315 g/mol. The van der Waals surface area contributed by atoms with E-state index >= 15 is 0 Å². The van der Waals surface area contributed by atoms with E-state index in [2.05, 4.69) is 4.72 Å². The second-order valence-electron chi connectivity index (χ2n) is 5.01. The molecule has 6 nitrogen and oxygen atoms in total. The van der Waals surface area contributed by atoms with E-state index in [0.29, 0.717) is 11.3 Å². The first-order chi connectivity index (χ1) is 9.67. The molecule has 21 heavy (non-hydrogen) atoms. The highest BCUT2D eigenvalue weighted by molar-refractivity contribution is 7.89. The number of carboxylic acids is 1. The third-order valence-electron chi connectivity index (χ3n) is 2.82. The number of ether oxygens (including phenoxy) is 1. The summed E-state index contributed by atoms with van der Waals surface area (Å²) < 4.78 is 32.1. The molecule has 1 aromatic rings. The first-order valence-corrected chi connectivity index (χ1v) is 8.18. The van der Waals surface area contributed by atoms with Gasteiger partial charge in [0.1, 0.15) is 11.8 Å². The van der Waals surface area contributed by atoms with E-state index in [0.717, 1.165) is 0 Å². The van der Waals surface area contributed by atoms with Crippen molar-refractivity contribution in [3.8, 4) is 5.75 Å². The van der Waals surface area contributed by atoms with Gasteiger partial charge in [-0.2, -0.15) is 4.72 Å². The van der Waals surface area contributed by atoms with Gasteiger partial charge in [0.2, 0.25) is 10.0 Å². The van der Waals surface area contributed by atoms with E-state index in [4.69, 9.17) is 9.84 Å². The van der Waals surface area contributed by atoms with Gasteiger partial charge in [0.05, 0.1) is 11.0 Å². The zero-order valence-corrected chi connectivity index (χ0v) is 13.4. The number of aryl methyl sites for hydroxylation is 1. The van der Waals surface area contributed by atoms with E-state index in [9.17, 15) is 13.2 Å². The minimum absolute atomic E-state index is 0.0132. The summed E-state index contributed by atoms with van der Waals surface area (Å²) in [6, 6.07) is 3.31. The van der Waals surface area contributed by atoms with Crippen LogP contribution in [-0.2, 0) is 14.8 Å². The molecule has 7 heteroatoms. The molecule has 1 rings (SSSR count). The van der Waals surface area contributed by atoms with Crippen LogP contribution in [0.4, 0.5) is 0 Å². The molecule has 0 fully saturated rings. The predicted octanol–water partition coefficient (Wildman–Crippen LogP) is 1.92. The van der Waals surface area contributed by atoms with Gasteiger partial charge in [-0.1, -0.05) is 6.92 Å². The minimum Gasteiger partial charge on any atom is -0.491 e. The summed E-state index contributed by atoms with van der Waals surface area (Å²) in [5.41, 5.74) is 0.676. The Balaban J connectivity index is 3.04. The fraction of sp³-hybridized carbons (Fsp3) is 0.500. The molecule has 118 valence electrons. The Hall–Kier alpha value is -1.60. The first kappa shape index (κ1) is 17.5. The highest BCUT2D eigenvalue weighted by Gasteiger charge is 2.24. The van der Waals surface area contributed by atoms with Gasteiger partial charge in [0, 0.05) is 0 Å². The van der Waals surface area contributed by atoms with E-state index in [1.807, 2.05) is 13.8 Å². The average Bonchev–Trinajstić information content (AvgIpc) is 2.37. The number of nitrogens with one attached hydrogen (secondary N) is 1. The molecule has 0 spiro atoms. The Labute approximate surface area is 125 Å². The molecule has 2 N–H and O–H groups in total. The molecule has 0 amide bonds. The van der Waals surface area contributed by atoms with Gasteiger partial charge in [0.15, 0.2) is 0 Å². The molecule has 0 aromatic heterocycles. The zero-order chi connectivity index (χ0) is 16.2. The maximum Gasteiger partial charge on any atom is 0.321 e. The number of benzene rings is 1. The van der Waals surface area contributed by atoms with Crippen LogP contribution in [0.25, 0.3) is 0 Å². The summed E-state index contributed by atoms with van der Waals surface area (Å²) in [5, 5.41) is 8.93. The summed E-state index contributed by atoms with van der Waals surface area (Å²) in [5.74, 6) is -0.591. The Morgan fingerprint density at radius 3 is 2.43 bits per heavy atom. The van der Waals surface area contributed by atoms with Crippen molar-refractivity contribution in [2.24, 2.45) is 0 Å². The highest BCUT2D eigenvalue weighted by Crippen LogP contribution is 2.23. The number of carboxylic acid groups (broad SMARTS) is 1. The topological polar surface area (TPSA) is 92.7 Å². The van der Waals surface area contributed by atoms with Crippen LogP contribution in [0.3, 0.4) is 0 Å². The van der Waals surface area contributed by atoms with Crippen molar-refractivity contribution in [1.29, 1.82) is 0 Å². The van der Waals surface area contributed by atoms with Crippen molar-refractivity contribution in [3.63, 3.8) is 0 Å². The van der Waals surface area contributed by atoms with Crippen molar-refractivity contribution in [1.82, 2.24) is 4.72 Å². The van der Waals surface area contributed by atoms with Gasteiger partial charge in [-0.15, -0.1) is 0 Å². The van der Waals surface area contributed by atoms with E-state index < -0.39 is 22.0 Å². The monoisotopic (exact) mass is 315 g/mol. The van der Waals surface area contributed by atoms with Crippen LogP contribution in [0.1, 0.15) is 32.8 Å². The normalized spacial score (nSPS) is 13.2. The Kier molecular flexibility index (Phi) is 5.74. The van der Waals surface area contributed by atoms with Crippen LogP contribution < -0.4 is 9.46 Å². The fourth-order valence-electron chi connectivity index (χ4n) is 1.74. The van der Waals surface area contributed by atoms with Crippen LogP contribution in [0, 0.1) is 6.92 Å². The van der Waals surface area contributed by atoms with Gasteiger partial charge in [-0.25, -0.2) is 8.42 Å². The smallest absolute Gasteiger partial charge is 0.321 e. The fourth-order valence-corrected chi connectivity index (χ4v) is 3.10. The van der Waals surface area contributed by atoms with Crippen molar-refractivity contribution in [2.75, 3.05) is 0 Å². The van der Waals surface area contributed by atoms with Gasteiger partial charge in [-0.3, -0.25) is 4.79 Å². The van der Waals surface area contributed by atoms with E-state index in [1.54, 1.807) is 19.9 Å². The standard InChI is InChI=1S/C14H21NO5S/c1-5-12(14(16)17)15-21(18,19)11-6-7-13(10(4)8-11)20-9(2)3/h6-9,12,15H,5H2,1-4H3,(H,16,17)/t12-/m1/s1. The highest BCUT2D eigenvalue weighted by atomic mass is 32.2. The van der Waals surface area contributed by atoms with Crippen molar-refractivity contribution < 1.29 is 23.1 Å². The molecule has 0 unspecified atom stereocenters. The lowest BCUT2D eigenvalue weighted by Gasteiger charge is -2.15. The third-order valence-corrected chi connectivity index (χ3v) is 4.29. The molecular weight excluding hydrogens is 294 g/mol. The molecule has 0 saturated carbocycles. The third kappa shape index (κ3) is 4.71. The van der Waals surface area contributed by atoms with Crippen LogP contribution in [0.2, 0.25) is 0 Å². The molecule has 0 aliphatic heterocycles. The maximum absolute atomic E-state index is 12.2. The zero-order valence-electron chi connectivity index (χ0n) is 12.6. The molecular formula is C14H21NO5S. The molecule has 0 aliphatic carbocycles. The SMILES string of the molecule is CC[C@@H](NS(=O)(=O)c1ccc(OC(C)C)c(C)c1)C(=O)O. The maximum atomic E-state index is 12.2. The number of sulfonamides is 1. The minimum atomic E-state index is -3.87. The second-order valence-corrected chi connectivity index (χ2v) is 6.73. The predicted molar refractivity (Wildman–Crippen MR) is 79.0 cm³/mol. The quantitative estimate of drug-likeness (QED) is 0.802. The van der Waals surface area contributed by atoms with Crippen LogP contribution in [-0.4, -0.2) is 31.6 Å². The van der Waals surface area contributed by atoms with Crippen LogP contribution >= 0.6 is 0 Å². The molecule has 0 saturated heterocycles. The van der Waals surface area contributed by atoms with Gasteiger partial charge in [-0.05, 0) is 51.0 Å². The van der Waals surface area contributed by atoms with Crippen molar-refractivity contribution in [2.45, 2.75) is 51.2 Å². The summed E-state index contributed by atoms with van der Waals surface area (Å²) in [6.45, 7) is 7.10. The molecule has 1 atom stereocenters.